The van der Waals surface area contributed by atoms with Gasteiger partial charge in [-0.05, 0) is 30.9 Å². The smallest absolute Gasteiger partial charge is 0.227 e. The predicted octanol–water partition coefficient (Wildman–Crippen LogP) is 1.82. The lowest BCUT2D eigenvalue weighted by atomic mass is 9.83. The Morgan fingerprint density at radius 2 is 2.31 bits per heavy atom. The second-order valence-electron chi connectivity index (χ2n) is 4.40. The number of amides is 1. The molecule has 0 bridgehead atoms. The third-order valence-electron chi connectivity index (χ3n) is 3.22. The van der Waals surface area contributed by atoms with Crippen LogP contribution in [0.2, 0.25) is 0 Å². The molecule has 16 heavy (non-hydrogen) atoms. The van der Waals surface area contributed by atoms with E-state index in [1.54, 1.807) is 24.2 Å². The average molecular weight is 219 g/mol. The summed E-state index contributed by atoms with van der Waals surface area (Å²) in [6.45, 7) is 0. The summed E-state index contributed by atoms with van der Waals surface area (Å²) in [7, 11) is 1.79. The van der Waals surface area contributed by atoms with Crippen LogP contribution in [0.25, 0.3) is 0 Å². The van der Waals surface area contributed by atoms with E-state index in [0.29, 0.717) is 18.2 Å². The number of carbonyl (C=O) groups excluding carboxylic acids is 1. The number of rotatable bonds is 3. The SMILES string of the molecule is CN(C(=O)CC1CCC1)c1ccc(N)nc1. The quantitative estimate of drug-likeness (QED) is 0.843. The average Bonchev–Trinajstić information content (AvgIpc) is 2.23. The number of aromatic nitrogens is 1. The van der Waals surface area contributed by atoms with Gasteiger partial charge in [-0.15, -0.1) is 0 Å². The predicted molar refractivity (Wildman–Crippen MR) is 64.0 cm³/mol. The fourth-order valence-electron chi connectivity index (χ4n) is 1.82. The van der Waals surface area contributed by atoms with Crippen molar-refractivity contribution < 1.29 is 4.79 Å². The third-order valence-corrected chi connectivity index (χ3v) is 3.22. The van der Waals surface area contributed by atoms with Crippen LogP contribution in [0, 0.1) is 5.92 Å². The van der Waals surface area contributed by atoms with Gasteiger partial charge in [-0.1, -0.05) is 6.42 Å². The van der Waals surface area contributed by atoms with Gasteiger partial charge in [-0.2, -0.15) is 0 Å². The van der Waals surface area contributed by atoms with Crippen LogP contribution in [0.3, 0.4) is 0 Å². The number of nitrogen functional groups attached to an aromatic ring is 1. The van der Waals surface area contributed by atoms with Crippen molar-refractivity contribution in [3.05, 3.63) is 18.3 Å². The molecule has 1 aliphatic rings. The number of hydrogen-bond donors (Lipinski definition) is 1. The maximum atomic E-state index is 11.9. The zero-order valence-corrected chi connectivity index (χ0v) is 9.52. The normalized spacial score (nSPS) is 15.6. The van der Waals surface area contributed by atoms with E-state index < -0.39 is 0 Å². The second-order valence-corrected chi connectivity index (χ2v) is 4.40. The van der Waals surface area contributed by atoms with Crippen molar-refractivity contribution in [2.75, 3.05) is 17.7 Å². The van der Waals surface area contributed by atoms with Crippen molar-refractivity contribution >= 4 is 17.4 Å². The molecule has 1 amide bonds. The topological polar surface area (TPSA) is 59.2 Å². The molecule has 1 saturated carbocycles. The van der Waals surface area contributed by atoms with Gasteiger partial charge in [-0.25, -0.2) is 4.98 Å². The van der Waals surface area contributed by atoms with Crippen molar-refractivity contribution in [3.8, 4) is 0 Å². The lowest BCUT2D eigenvalue weighted by Gasteiger charge is -2.27. The lowest BCUT2D eigenvalue weighted by Crippen LogP contribution is -2.29. The summed E-state index contributed by atoms with van der Waals surface area (Å²) >= 11 is 0. The van der Waals surface area contributed by atoms with Crippen molar-refractivity contribution in [2.24, 2.45) is 5.92 Å². The van der Waals surface area contributed by atoms with Crippen molar-refractivity contribution in [2.45, 2.75) is 25.7 Å². The Balaban J connectivity index is 1.97. The molecule has 4 heteroatoms. The molecule has 0 unspecified atom stereocenters. The molecule has 0 aliphatic heterocycles. The number of anilines is 2. The molecule has 4 nitrogen and oxygen atoms in total. The first-order valence-corrected chi connectivity index (χ1v) is 5.65. The summed E-state index contributed by atoms with van der Waals surface area (Å²) in [5.74, 6) is 1.23. The van der Waals surface area contributed by atoms with Gasteiger partial charge in [0.2, 0.25) is 5.91 Å². The van der Waals surface area contributed by atoms with E-state index in [9.17, 15) is 4.79 Å². The molecular weight excluding hydrogens is 202 g/mol. The number of nitrogens with two attached hydrogens (primary N) is 1. The van der Waals surface area contributed by atoms with Crippen LogP contribution in [-0.2, 0) is 4.79 Å². The van der Waals surface area contributed by atoms with E-state index in [0.717, 1.165) is 5.69 Å². The Kier molecular flexibility index (Phi) is 3.08. The highest BCUT2D eigenvalue weighted by Gasteiger charge is 2.22. The first-order chi connectivity index (χ1) is 7.66. The summed E-state index contributed by atoms with van der Waals surface area (Å²) < 4.78 is 0. The summed E-state index contributed by atoms with van der Waals surface area (Å²) in [6.07, 6.45) is 5.94. The van der Waals surface area contributed by atoms with Crippen LogP contribution in [0.5, 0.6) is 0 Å². The zero-order chi connectivity index (χ0) is 11.5. The highest BCUT2D eigenvalue weighted by molar-refractivity contribution is 5.92. The molecule has 1 heterocycles. The first-order valence-electron chi connectivity index (χ1n) is 5.65. The fourth-order valence-corrected chi connectivity index (χ4v) is 1.82. The highest BCUT2D eigenvalue weighted by atomic mass is 16.2. The van der Waals surface area contributed by atoms with Gasteiger partial charge >= 0.3 is 0 Å². The Bertz CT molecular complexity index is 370. The molecule has 1 aromatic rings. The van der Waals surface area contributed by atoms with E-state index in [-0.39, 0.29) is 5.91 Å². The zero-order valence-electron chi connectivity index (χ0n) is 9.52. The molecule has 86 valence electrons. The molecule has 0 aromatic carbocycles. The fraction of sp³-hybridized carbons (Fsp3) is 0.500. The Morgan fingerprint density at radius 1 is 1.56 bits per heavy atom. The maximum absolute atomic E-state index is 11.9. The monoisotopic (exact) mass is 219 g/mol. The summed E-state index contributed by atoms with van der Waals surface area (Å²) in [5.41, 5.74) is 6.30. The van der Waals surface area contributed by atoms with Crippen LogP contribution in [0.4, 0.5) is 11.5 Å². The summed E-state index contributed by atoms with van der Waals surface area (Å²) in [5, 5.41) is 0. The number of nitrogens with zero attached hydrogens (tertiary/aromatic N) is 2. The minimum Gasteiger partial charge on any atom is -0.384 e. The van der Waals surface area contributed by atoms with Crippen LogP contribution >= 0.6 is 0 Å². The molecule has 2 rings (SSSR count). The number of pyridine rings is 1. The summed E-state index contributed by atoms with van der Waals surface area (Å²) in [6, 6.07) is 3.53. The van der Waals surface area contributed by atoms with Gasteiger partial charge in [0, 0.05) is 13.5 Å². The Hall–Kier alpha value is -1.58. The van der Waals surface area contributed by atoms with Gasteiger partial charge in [-0.3, -0.25) is 4.79 Å². The van der Waals surface area contributed by atoms with Crippen LogP contribution in [0.1, 0.15) is 25.7 Å². The van der Waals surface area contributed by atoms with Crippen LogP contribution in [-0.4, -0.2) is 17.9 Å². The highest BCUT2D eigenvalue weighted by Crippen LogP contribution is 2.30. The van der Waals surface area contributed by atoms with Gasteiger partial charge in [0.05, 0.1) is 11.9 Å². The van der Waals surface area contributed by atoms with Crippen molar-refractivity contribution in [1.29, 1.82) is 0 Å². The number of carbonyl (C=O) groups is 1. The molecular formula is C12H17N3O. The van der Waals surface area contributed by atoms with Crippen molar-refractivity contribution in [3.63, 3.8) is 0 Å². The maximum Gasteiger partial charge on any atom is 0.227 e. The molecule has 0 saturated heterocycles. The molecule has 1 fully saturated rings. The first kappa shape index (κ1) is 10.9. The van der Waals surface area contributed by atoms with E-state index >= 15 is 0 Å². The minimum atomic E-state index is 0.163. The molecule has 0 spiro atoms. The van der Waals surface area contributed by atoms with Crippen molar-refractivity contribution in [1.82, 2.24) is 4.98 Å². The molecule has 0 radical (unpaired) electrons. The van der Waals surface area contributed by atoms with E-state index in [2.05, 4.69) is 4.98 Å². The van der Waals surface area contributed by atoms with E-state index in [4.69, 9.17) is 5.73 Å². The largest absolute Gasteiger partial charge is 0.384 e. The van der Waals surface area contributed by atoms with Gasteiger partial charge in [0.25, 0.3) is 0 Å². The number of hydrogen-bond acceptors (Lipinski definition) is 3. The van der Waals surface area contributed by atoms with Gasteiger partial charge < -0.3 is 10.6 Å². The standard InChI is InChI=1S/C12H17N3O/c1-15(10-5-6-11(13)14-8-10)12(16)7-9-3-2-4-9/h5-6,8-9H,2-4,7H2,1H3,(H2,13,14). The van der Waals surface area contributed by atoms with Crippen LogP contribution in [0.15, 0.2) is 18.3 Å². The minimum absolute atomic E-state index is 0.163. The lowest BCUT2D eigenvalue weighted by molar-refractivity contribution is -0.119. The second kappa shape index (κ2) is 4.51. The Labute approximate surface area is 95.5 Å². The summed E-state index contributed by atoms with van der Waals surface area (Å²) in [4.78, 5) is 17.5. The van der Waals surface area contributed by atoms with E-state index in [1.165, 1.54) is 19.3 Å². The molecule has 0 atom stereocenters. The third kappa shape index (κ3) is 2.32. The van der Waals surface area contributed by atoms with Crippen LogP contribution < -0.4 is 10.6 Å². The van der Waals surface area contributed by atoms with E-state index in [1.807, 2.05) is 6.07 Å². The Morgan fingerprint density at radius 3 is 2.81 bits per heavy atom. The molecule has 1 aliphatic carbocycles. The molecule has 1 aromatic heterocycles. The molecule has 2 N–H and O–H groups in total. The van der Waals surface area contributed by atoms with Gasteiger partial charge in [0.15, 0.2) is 0 Å². The van der Waals surface area contributed by atoms with Gasteiger partial charge in [0.1, 0.15) is 5.82 Å².